The molecule has 1 heterocycles. The van der Waals surface area contributed by atoms with Crippen LogP contribution in [0.15, 0.2) is 12.1 Å². The van der Waals surface area contributed by atoms with Gasteiger partial charge in [-0.15, -0.1) is 0 Å². The number of esters is 1. The van der Waals surface area contributed by atoms with Crippen molar-refractivity contribution in [3.8, 4) is 5.88 Å². The molecule has 0 saturated carbocycles. The Hall–Kier alpha value is -1.99. The number of ether oxygens (including phenoxy) is 2. The third kappa shape index (κ3) is 3.82. The Morgan fingerprint density at radius 1 is 1.47 bits per heavy atom. The van der Waals surface area contributed by atoms with Crippen molar-refractivity contribution in [1.29, 1.82) is 0 Å². The molecule has 0 amide bonds. The minimum Gasteiger partial charge on any atom is -0.468 e. The number of halogens is 3. The predicted octanol–water partition coefficient (Wildman–Crippen LogP) is 1.39. The average Bonchev–Trinajstić information content (AvgIpc) is 2.24. The lowest BCUT2D eigenvalue weighted by atomic mass is 10.2. The molecular formula is C9H9F3N2O3. The van der Waals surface area contributed by atoms with Crippen LogP contribution in [0.2, 0.25) is 0 Å². The van der Waals surface area contributed by atoms with Crippen LogP contribution in [0, 0.1) is 0 Å². The highest BCUT2D eigenvalue weighted by molar-refractivity contribution is 5.94. The molecule has 0 unspecified atom stereocenters. The fraction of sp³-hybridized carbons (Fsp3) is 0.333. The first kappa shape index (κ1) is 13.1. The molecule has 1 aromatic heterocycles. The minimum atomic E-state index is -4.46. The summed E-state index contributed by atoms with van der Waals surface area (Å²) in [7, 11) is 1.15. The predicted molar refractivity (Wildman–Crippen MR) is 51.5 cm³/mol. The number of hydrogen-bond donors (Lipinski definition) is 1. The minimum absolute atomic E-state index is 0.0353. The fourth-order valence-corrected chi connectivity index (χ4v) is 0.975. The van der Waals surface area contributed by atoms with E-state index in [0.29, 0.717) is 0 Å². The Balaban J connectivity index is 2.79. The molecule has 0 spiro atoms. The zero-order chi connectivity index (χ0) is 13.1. The monoisotopic (exact) mass is 250 g/mol. The Morgan fingerprint density at radius 2 is 2.12 bits per heavy atom. The molecule has 0 aliphatic carbocycles. The van der Waals surface area contributed by atoms with E-state index in [-0.39, 0.29) is 17.3 Å². The number of carbonyl (C=O) groups is 1. The number of nitrogens with zero attached hydrogens (tertiary/aromatic N) is 1. The van der Waals surface area contributed by atoms with E-state index in [0.717, 1.165) is 13.2 Å². The van der Waals surface area contributed by atoms with Crippen molar-refractivity contribution >= 4 is 11.8 Å². The molecule has 0 saturated heterocycles. The number of methoxy groups -OCH3 is 1. The maximum Gasteiger partial charge on any atom is 0.422 e. The summed E-state index contributed by atoms with van der Waals surface area (Å²) in [6.07, 6.45) is -4.46. The number of aromatic nitrogens is 1. The first-order valence-electron chi connectivity index (χ1n) is 4.38. The highest BCUT2D eigenvalue weighted by Crippen LogP contribution is 2.19. The van der Waals surface area contributed by atoms with Gasteiger partial charge in [0.1, 0.15) is 11.4 Å². The van der Waals surface area contributed by atoms with Gasteiger partial charge in [0.05, 0.1) is 7.11 Å². The number of rotatable bonds is 3. The van der Waals surface area contributed by atoms with Gasteiger partial charge in [0, 0.05) is 6.07 Å². The largest absolute Gasteiger partial charge is 0.468 e. The summed E-state index contributed by atoms with van der Waals surface area (Å²) in [5.74, 6) is -1.29. The number of nitrogen functional groups attached to an aromatic ring is 1. The number of alkyl halides is 3. The molecular weight excluding hydrogens is 241 g/mol. The van der Waals surface area contributed by atoms with Crippen LogP contribution in [0.3, 0.4) is 0 Å². The van der Waals surface area contributed by atoms with Crippen molar-refractivity contribution in [1.82, 2.24) is 4.98 Å². The van der Waals surface area contributed by atoms with Crippen molar-refractivity contribution in [2.45, 2.75) is 6.18 Å². The number of hydrogen-bond acceptors (Lipinski definition) is 5. The maximum atomic E-state index is 11.8. The fourth-order valence-electron chi connectivity index (χ4n) is 0.975. The molecule has 5 nitrogen and oxygen atoms in total. The zero-order valence-electron chi connectivity index (χ0n) is 8.75. The molecule has 0 aliphatic heterocycles. The lowest BCUT2D eigenvalue weighted by molar-refractivity contribution is -0.154. The molecule has 17 heavy (non-hydrogen) atoms. The molecule has 0 radical (unpaired) electrons. The quantitative estimate of drug-likeness (QED) is 0.820. The van der Waals surface area contributed by atoms with Crippen molar-refractivity contribution in [3.63, 3.8) is 0 Å². The van der Waals surface area contributed by atoms with Crippen LogP contribution < -0.4 is 10.5 Å². The van der Waals surface area contributed by atoms with Crippen LogP contribution in [0.4, 0.5) is 19.0 Å². The van der Waals surface area contributed by atoms with Crippen molar-refractivity contribution < 1.29 is 27.4 Å². The van der Waals surface area contributed by atoms with Crippen LogP contribution in [-0.4, -0.2) is 30.8 Å². The van der Waals surface area contributed by atoms with Gasteiger partial charge in [-0.3, -0.25) is 0 Å². The van der Waals surface area contributed by atoms with Crippen molar-refractivity contribution in [2.75, 3.05) is 19.5 Å². The van der Waals surface area contributed by atoms with Gasteiger partial charge in [-0.25, -0.2) is 4.79 Å². The molecule has 94 valence electrons. The molecule has 0 fully saturated rings. The normalized spacial score (nSPS) is 11.1. The summed E-state index contributed by atoms with van der Waals surface area (Å²) >= 11 is 0. The Morgan fingerprint density at radius 3 is 2.59 bits per heavy atom. The van der Waals surface area contributed by atoms with Crippen molar-refractivity contribution in [2.24, 2.45) is 0 Å². The highest BCUT2D eigenvalue weighted by Gasteiger charge is 2.28. The summed E-state index contributed by atoms with van der Waals surface area (Å²) < 4.78 is 44.3. The van der Waals surface area contributed by atoms with Gasteiger partial charge in [-0.1, -0.05) is 0 Å². The standard InChI is InChI=1S/C9H9F3N2O3/c1-16-8(15)5-2-3-6(14-7(5)13)17-4-9(10,11)12/h2-3H,4H2,1H3,(H2,13,14). The average molecular weight is 250 g/mol. The van der Waals surface area contributed by atoms with Gasteiger partial charge in [0.25, 0.3) is 0 Å². The molecule has 1 aromatic rings. The smallest absolute Gasteiger partial charge is 0.422 e. The summed E-state index contributed by atoms with van der Waals surface area (Å²) in [6.45, 7) is -1.48. The van der Waals surface area contributed by atoms with E-state index in [4.69, 9.17) is 5.73 Å². The zero-order valence-corrected chi connectivity index (χ0v) is 8.75. The first-order valence-corrected chi connectivity index (χ1v) is 4.38. The van der Waals surface area contributed by atoms with Gasteiger partial charge in [0.15, 0.2) is 6.61 Å². The Kier molecular flexibility index (Phi) is 3.77. The molecule has 0 bridgehead atoms. The number of pyridine rings is 1. The van der Waals surface area contributed by atoms with Gasteiger partial charge in [0.2, 0.25) is 5.88 Å². The van der Waals surface area contributed by atoms with E-state index in [1.54, 1.807) is 0 Å². The SMILES string of the molecule is COC(=O)c1ccc(OCC(F)(F)F)nc1N. The summed E-state index contributed by atoms with van der Waals surface area (Å²) in [5.41, 5.74) is 5.33. The van der Waals surface area contributed by atoms with Gasteiger partial charge < -0.3 is 15.2 Å². The van der Waals surface area contributed by atoms with E-state index in [2.05, 4.69) is 14.5 Å². The van der Waals surface area contributed by atoms with Crippen LogP contribution in [0.5, 0.6) is 5.88 Å². The second kappa shape index (κ2) is 4.89. The van der Waals surface area contributed by atoms with E-state index in [9.17, 15) is 18.0 Å². The first-order chi connectivity index (χ1) is 7.83. The maximum absolute atomic E-state index is 11.8. The molecule has 1 rings (SSSR count). The van der Waals surface area contributed by atoms with Gasteiger partial charge in [-0.2, -0.15) is 18.2 Å². The third-order valence-electron chi connectivity index (χ3n) is 1.69. The number of anilines is 1. The van der Waals surface area contributed by atoms with E-state index < -0.39 is 18.8 Å². The number of carbonyl (C=O) groups excluding carboxylic acids is 1. The van der Waals surface area contributed by atoms with Crippen LogP contribution in [0.1, 0.15) is 10.4 Å². The molecule has 0 aromatic carbocycles. The van der Waals surface area contributed by atoms with E-state index in [1.807, 2.05) is 0 Å². The summed E-state index contributed by atoms with van der Waals surface area (Å²) in [5, 5.41) is 0. The molecule has 0 atom stereocenters. The van der Waals surface area contributed by atoms with E-state index in [1.165, 1.54) is 6.07 Å². The number of nitrogens with two attached hydrogens (primary N) is 1. The highest BCUT2D eigenvalue weighted by atomic mass is 19.4. The topological polar surface area (TPSA) is 74.4 Å². The molecule has 2 N–H and O–H groups in total. The summed E-state index contributed by atoms with van der Waals surface area (Å²) in [6, 6.07) is 2.29. The Labute approximate surface area is 94.3 Å². The molecule has 0 aliphatic rings. The van der Waals surface area contributed by atoms with Crippen LogP contribution in [0.25, 0.3) is 0 Å². The second-order valence-corrected chi connectivity index (χ2v) is 2.98. The van der Waals surface area contributed by atoms with Gasteiger partial charge in [-0.05, 0) is 6.07 Å². The third-order valence-corrected chi connectivity index (χ3v) is 1.69. The lowest BCUT2D eigenvalue weighted by Gasteiger charge is -2.09. The van der Waals surface area contributed by atoms with Gasteiger partial charge >= 0.3 is 12.1 Å². The van der Waals surface area contributed by atoms with Crippen LogP contribution in [-0.2, 0) is 4.74 Å². The van der Waals surface area contributed by atoms with Crippen molar-refractivity contribution in [3.05, 3.63) is 17.7 Å². The van der Waals surface area contributed by atoms with E-state index >= 15 is 0 Å². The Bertz CT molecular complexity index is 420. The molecule has 8 heteroatoms. The summed E-state index contributed by atoms with van der Waals surface area (Å²) in [4.78, 5) is 14.6. The second-order valence-electron chi connectivity index (χ2n) is 2.98. The van der Waals surface area contributed by atoms with Crippen LogP contribution >= 0.6 is 0 Å². The lowest BCUT2D eigenvalue weighted by Crippen LogP contribution is -2.20.